The molecular weight excluding hydrogens is 232 g/mol. The van der Waals surface area contributed by atoms with E-state index in [0.29, 0.717) is 10.6 Å². The molecule has 0 saturated heterocycles. The predicted octanol–water partition coefficient (Wildman–Crippen LogP) is 4.35. The fourth-order valence-corrected chi connectivity index (χ4v) is 2.70. The zero-order chi connectivity index (χ0) is 12.3. The van der Waals surface area contributed by atoms with E-state index >= 15 is 0 Å². The van der Waals surface area contributed by atoms with Crippen LogP contribution in [0.1, 0.15) is 44.6 Å². The van der Waals surface area contributed by atoms with Crippen LogP contribution in [0.15, 0.2) is 18.2 Å². The van der Waals surface area contributed by atoms with Gasteiger partial charge >= 0.3 is 0 Å². The standard InChI is InChI=1S/C14H17ClN2/c1-14(7-3-2-4-8-14)17-13-6-5-11(10-16)9-12(13)15/h5-6,9,17H,2-4,7-8H2,1H3. The normalized spacial score (nSPS) is 18.4. The fourth-order valence-electron chi connectivity index (χ4n) is 2.47. The summed E-state index contributed by atoms with van der Waals surface area (Å²) < 4.78 is 0. The van der Waals surface area contributed by atoms with E-state index in [0.717, 1.165) is 5.69 Å². The van der Waals surface area contributed by atoms with Gasteiger partial charge in [-0.1, -0.05) is 30.9 Å². The minimum Gasteiger partial charge on any atom is -0.379 e. The summed E-state index contributed by atoms with van der Waals surface area (Å²) >= 11 is 6.18. The van der Waals surface area contributed by atoms with Gasteiger partial charge in [0.1, 0.15) is 0 Å². The summed E-state index contributed by atoms with van der Waals surface area (Å²) in [5, 5.41) is 13.0. The highest BCUT2D eigenvalue weighted by atomic mass is 35.5. The van der Waals surface area contributed by atoms with Crippen LogP contribution in [0.4, 0.5) is 5.69 Å². The van der Waals surface area contributed by atoms with Gasteiger partial charge in [0, 0.05) is 5.54 Å². The number of nitriles is 1. The van der Waals surface area contributed by atoms with Crippen LogP contribution in [0.3, 0.4) is 0 Å². The van der Waals surface area contributed by atoms with Crippen molar-refractivity contribution < 1.29 is 0 Å². The Hall–Kier alpha value is -1.20. The predicted molar refractivity (Wildman–Crippen MR) is 71.3 cm³/mol. The molecule has 1 aromatic rings. The third-order valence-electron chi connectivity index (χ3n) is 3.49. The van der Waals surface area contributed by atoms with Crippen molar-refractivity contribution in [2.24, 2.45) is 0 Å². The maximum atomic E-state index is 8.80. The summed E-state index contributed by atoms with van der Waals surface area (Å²) in [6.07, 6.45) is 6.25. The molecule has 3 heteroatoms. The summed E-state index contributed by atoms with van der Waals surface area (Å²) in [6, 6.07) is 7.52. The highest BCUT2D eigenvalue weighted by molar-refractivity contribution is 6.33. The zero-order valence-corrected chi connectivity index (χ0v) is 10.8. The molecule has 2 rings (SSSR count). The molecular formula is C14H17ClN2. The molecule has 0 radical (unpaired) electrons. The average molecular weight is 249 g/mol. The lowest BCUT2D eigenvalue weighted by Gasteiger charge is -2.35. The lowest BCUT2D eigenvalue weighted by Crippen LogP contribution is -2.36. The highest BCUT2D eigenvalue weighted by Gasteiger charge is 2.26. The number of hydrogen-bond donors (Lipinski definition) is 1. The second kappa shape index (κ2) is 4.98. The van der Waals surface area contributed by atoms with Crippen LogP contribution >= 0.6 is 11.6 Å². The van der Waals surface area contributed by atoms with E-state index < -0.39 is 0 Å². The molecule has 0 unspecified atom stereocenters. The topological polar surface area (TPSA) is 35.8 Å². The Balaban J connectivity index is 2.15. The molecule has 1 saturated carbocycles. The Bertz CT molecular complexity index is 442. The van der Waals surface area contributed by atoms with Crippen LogP contribution in [0.2, 0.25) is 5.02 Å². The van der Waals surface area contributed by atoms with Crippen molar-refractivity contribution in [2.45, 2.75) is 44.6 Å². The number of nitrogens with zero attached hydrogens (tertiary/aromatic N) is 1. The number of nitrogens with one attached hydrogen (secondary N) is 1. The van der Waals surface area contributed by atoms with Gasteiger partial charge in [0.15, 0.2) is 0 Å². The van der Waals surface area contributed by atoms with Crippen LogP contribution in [0, 0.1) is 11.3 Å². The van der Waals surface area contributed by atoms with Crippen molar-refractivity contribution >= 4 is 17.3 Å². The number of hydrogen-bond acceptors (Lipinski definition) is 2. The lowest BCUT2D eigenvalue weighted by molar-refractivity contribution is 0.349. The lowest BCUT2D eigenvalue weighted by atomic mass is 9.83. The first-order valence-electron chi connectivity index (χ1n) is 6.11. The van der Waals surface area contributed by atoms with Crippen LogP contribution < -0.4 is 5.32 Å². The van der Waals surface area contributed by atoms with E-state index in [1.807, 2.05) is 6.07 Å². The van der Waals surface area contributed by atoms with Gasteiger partial charge in [-0.2, -0.15) is 5.26 Å². The molecule has 0 amide bonds. The smallest absolute Gasteiger partial charge is 0.0992 e. The fraction of sp³-hybridized carbons (Fsp3) is 0.500. The Labute approximate surface area is 108 Å². The van der Waals surface area contributed by atoms with Gasteiger partial charge in [0.05, 0.1) is 22.3 Å². The number of anilines is 1. The van der Waals surface area contributed by atoms with E-state index in [-0.39, 0.29) is 5.54 Å². The molecule has 0 spiro atoms. The second-order valence-electron chi connectivity index (χ2n) is 5.05. The van der Waals surface area contributed by atoms with Gasteiger partial charge in [0.2, 0.25) is 0 Å². The van der Waals surface area contributed by atoms with Crippen LogP contribution in [-0.2, 0) is 0 Å². The molecule has 90 valence electrons. The Morgan fingerprint density at radius 1 is 1.29 bits per heavy atom. The van der Waals surface area contributed by atoms with E-state index in [1.165, 1.54) is 32.1 Å². The van der Waals surface area contributed by atoms with Crippen molar-refractivity contribution in [3.8, 4) is 6.07 Å². The third kappa shape index (κ3) is 2.92. The molecule has 1 aliphatic carbocycles. The zero-order valence-electron chi connectivity index (χ0n) is 10.1. The first-order valence-corrected chi connectivity index (χ1v) is 6.49. The molecule has 1 fully saturated rings. The summed E-state index contributed by atoms with van der Waals surface area (Å²) in [4.78, 5) is 0. The van der Waals surface area contributed by atoms with Gasteiger partial charge in [-0.25, -0.2) is 0 Å². The second-order valence-corrected chi connectivity index (χ2v) is 5.46. The molecule has 1 N–H and O–H groups in total. The third-order valence-corrected chi connectivity index (χ3v) is 3.80. The number of halogens is 1. The molecule has 2 nitrogen and oxygen atoms in total. The van der Waals surface area contributed by atoms with Crippen molar-refractivity contribution in [1.82, 2.24) is 0 Å². The molecule has 0 heterocycles. The van der Waals surface area contributed by atoms with E-state index in [4.69, 9.17) is 16.9 Å². The van der Waals surface area contributed by atoms with Crippen LogP contribution in [-0.4, -0.2) is 5.54 Å². The van der Waals surface area contributed by atoms with E-state index in [9.17, 15) is 0 Å². The molecule has 0 aromatic heterocycles. The molecule has 0 aliphatic heterocycles. The number of rotatable bonds is 2. The summed E-state index contributed by atoms with van der Waals surface area (Å²) in [5.41, 5.74) is 1.69. The number of benzene rings is 1. The van der Waals surface area contributed by atoms with Crippen molar-refractivity contribution in [3.05, 3.63) is 28.8 Å². The minimum atomic E-state index is 0.149. The molecule has 1 aromatic carbocycles. The molecule has 1 aliphatic rings. The van der Waals surface area contributed by atoms with Gasteiger partial charge < -0.3 is 5.32 Å². The summed E-state index contributed by atoms with van der Waals surface area (Å²) in [5.74, 6) is 0. The summed E-state index contributed by atoms with van der Waals surface area (Å²) in [7, 11) is 0. The van der Waals surface area contributed by atoms with Gasteiger partial charge in [0.25, 0.3) is 0 Å². The van der Waals surface area contributed by atoms with Gasteiger partial charge in [-0.05, 0) is 38.0 Å². The van der Waals surface area contributed by atoms with Crippen LogP contribution in [0.5, 0.6) is 0 Å². The quantitative estimate of drug-likeness (QED) is 0.845. The molecule has 17 heavy (non-hydrogen) atoms. The van der Waals surface area contributed by atoms with Gasteiger partial charge in [-0.15, -0.1) is 0 Å². The molecule has 0 bridgehead atoms. The molecule has 0 atom stereocenters. The van der Waals surface area contributed by atoms with Crippen LogP contribution in [0.25, 0.3) is 0 Å². The first-order chi connectivity index (χ1) is 8.13. The Morgan fingerprint density at radius 3 is 2.59 bits per heavy atom. The minimum absolute atomic E-state index is 0.149. The van der Waals surface area contributed by atoms with Crippen molar-refractivity contribution in [2.75, 3.05) is 5.32 Å². The highest BCUT2D eigenvalue weighted by Crippen LogP contribution is 2.33. The Kier molecular flexibility index (Phi) is 3.59. The largest absolute Gasteiger partial charge is 0.379 e. The average Bonchev–Trinajstić information content (AvgIpc) is 2.32. The Morgan fingerprint density at radius 2 is 2.00 bits per heavy atom. The maximum Gasteiger partial charge on any atom is 0.0992 e. The van der Waals surface area contributed by atoms with Crippen molar-refractivity contribution in [1.29, 1.82) is 5.26 Å². The SMILES string of the molecule is CC1(Nc2ccc(C#N)cc2Cl)CCCCC1. The van der Waals surface area contributed by atoms with Crippen molar-refractivity contribution in [3.63, 3.8) is 0 Å². The summed E-state index contributed by atoms with van der Waals surface area (Å²) in [6.45, 7) is 2.25. The maximum absolute atomic E-state index is 8.80. The van der Waals surface area contributed by atoms with Gasteiger partial charge in [-0.3, -0.25) is 0 Å². The van der Waals surface area contributed by atoms with E-state index in [2.05, 4.69) is 18.3 Å². The first kappa shape index (κ1) is 12.3. The van der Waals surface area contributed by atoms with E-state index in [1.54, 1.807) is 12.1 Å². The monoisotopic (exact) mass is 248 g/mol.